The molecule has 3 rings (SSSR count). The number of benzene rings is 2. The lowest BCUT2D eigenvalue weighted by molar-refractivity contribution is -0.128. The zero-order valence-electron chi connectivity index (χ0n) is 17.3. The molecule has 0 saturated carbocycles. The van der Waals surface area contributed by atoms with E-state index in [1.165, 1.54) is 4.31 Å². The number of nitrogens with zero attached hydrogens (tertiary/aromatic N) is 1. The molecule has 0 fully saturated rings. The van der Waals surface area contributed by atoms with E-state index in [1.54, 1.807) is 24.3 Å². The van der Waals surface area contributed by atoms with E-state index in [2.05, 4.69) is 5.32 Å². The first kappa shape index (κ1) is 22.0. The van der Waals surface area contributed by atoms with Gasteiger partial charge in [0.1, 0.15) is 11.5 Å². The van der Waals surface area contributed by atoms with Gasteiger partial charge in [-0.3, -0.25) is 9.10 Å². The summed E-state index contributed by atoms with van der Waals surface area (Å²) in [4.78, 5) is 12.7. The van der Waals surface area contributed by atoms with E-state index in [4.69, 9.17) is 9.47 Å². The molecule has 1 heterocycles. The van der Waals surface area contributed by atoms with Gasteiger partial charge in [-0.25, -0.2) is 8.42 Å². The molecule has 1 N–H and O–H groups in total. The largest absolute Gasteiger partial charge is 0.494 e. The number of ether oxygens (including phenoxy) is 2. The van der Waals surface area contributed by atoms with Crippen molar-refractivity contribution in [2.45, 2.75) is 32.3 Å². The van der Waals surface area contributed by atoms with Gasteiger partial charge < -0.3 is 14.8 Å². The van der Waals surface area contributed by atoms with E-state index in [9.17, 15) is 13.2 Å². The highest BCUT2D eigenvalue weighted by Gasteiger charge is 2.30. The standard InChI is InChI=1S/C22H28N2O5S/c1-3-28-19-12-6-4-9-17(19)10-8-15-23-22(25)21-14-16-24(30(2,26)27)18-11-5-7-13-20(18)29-21/h4-7,9,11-13,21H,3,8,10,14-16H2,1-2H3,(H,23,25)/t21-/m0/s1. The van der Waals surface area contributed by atoms with Crippen LogP contribution in [0.15, 0.2) is 48.5 Å². The van der Waals surface area contributed by atoms with Crippen molar-refractivity contribution < 1.29 is 22.7 Å². The first-order chi connectivity index (χ1) is 14.4. The molecular formula is C22H28N2O5S. The van der Waals surface area contributed by atoms with Crippen LogP contribution in [0.2, 0.25) is 0 Å². The monoisotopic (exact) mass is 432 g/mol. The molecule has 2 aromatic rings. The SMILES string of the molecule is CCOc1ccccc1CCCNC(=O)[C@@H]1CCN(S(C)(=O)=O)c2ccccc2O1. The molecule has 2 aromatic carbocycles. The quantitative estimate of drug-likeness (QED) is 0.649. The number of carbonyl (C=O) groups excluding carboxylic acids is 1. The summed E-state index contributed by atoms with van der Waals surface area (Å²) in [5, 5.41) is 2.91. The molecule has 0 saturated heterocycles. The maximum atomic E-state index is 12.7. The van der Waals surface area contributed by atoms with Crippen molar-refractivity contribution in [1.29, 1.82) is 0 Å². The molecule has 1 atom stereocenters. The molecular weight excluding hydrogens is 404 g/mol. The highest BCUT2D eigenvalue weighted by Crippen LogP contribution is 2.33. The fourth-order valence-corrected chi connectivity index (χ4v) is 4.42. The van der Waals surface area contributed by atoms with Crippen LogP contribution >= 0.6 is 0 Å². The summed E-state index contributed by atoms with van der Waals surface area (Å²) in [6.45, 7) is 3.25. The Bertz CT molecular complexity index is 977. The molecule has 1 aliphatic rings. The first-order valence-electron chi connectivity index (χ1n) is 10.1. The number of amides is 1. The van der Waals surface area contributed by atoms with Gasteiger partial charge in [-0.05, 0) is 43.5 Å². The molecule has 1 aliphatic heterocycles. The van der Waals surface area contributed by atoms with Crippen LogP contribution in [0.1, 0.15) is 25.3 Å². The topological polar surface area (TPSA) is 84.9 Å². The van der Waals surface area contributed by atoms with E-state index < -0.39 is 16.1 Å². The number of hydrogen-bond donors (Lipinski definition) is 1. The molecule has 0 spiro atoms. The van der Waals surface area contributed by atoms with Crippen LogP contribution in [0.5, 0.6) is 11.5 Å². The van der Waals surface area contributed by atoms with Crippen molar-refractivity contribution >= 4 is 21.6 Å². The summed E-state index contributed by atoms with van der Waals surface area (Å²) in [7, 11) is -3.46. The minimum absolute atomic E-state index is 0.190. The van der Waals surface area contributed by atoms with E-state index in [1.807, 2.05) is 31.2 Å². The van der Waals surface area contributed by atoms with Gasteiger partial charge in [0, 0.05) is 19.5 Å². The lowest BCUT2D eigenvalue weighted by Crippen LogP contribution is -2.40. The van der Waals surface area contributed by atoms with Crippen molar-refractivity contribution in [2.75, 3.05) is 30.3 Å². The van der Waals surface area contributed by atoms with Gasteiger partial charge in [-0.2, -0.15) is 0 Å². The van der Waals surface area contributed by atoms with E-state index >= 15 is 0 Å². The fourth-order valence-electron chi connectivity index (χ4n) is 3.47. The van der Waals surface area contributed by atoms with Crippen molar-refractivity contribution in [1.82, 2.24) is 5.32 Å². The Labute approximate surface area is 178 Å². The Morgan fingerprint density at radius 1 is 1.20 bits per heavy atom. The lowest BCUT2D eigenvalue weighted by atomic mass is 10.1. The third-order valence-electron chi connectivity index (χ3n) is 4.88. The third-order valence-corrected chi connectivity index (χ3v) is 6.06. The predicted molar refractivity (Wildman–Crippen MR) is 117 cm³/mol. The minimum atomic E-state index is -3.46. The van der Waals surface area contributed by atoms with Gasteiger partial charge in [0.2, 0.25) is 10.0 Å². The van der Waals surface area contributed by atoms with Crippen molar-refractivity contribution in [2.24, 2.45) is 0 Å². The summed E-state index contributed by atoms with van der Waals surface area (Å²) >= 11 is 0. The maximum absolute atomic E-state index is 12.7. The molecule has 0 radical (unpaired) electrons. The van der Waals surface area contributed by atoms with E-state index in [0.717, 1.165) is 30.4 Å². The molecule has 7 nitrogen and oxygen atoms in total. The summed E-state index contributed by atoms with van der Waals surface area (Å²) in [6.07, 6.45) is 2.24. The fraction of sp³-hybridized carbons (Fsp3) is 0.409. The third kappa shape index (κ3) is 5.44. The second-order valence-electron chi connectivity index (χ2n) is 7.13. The van der Waals surface area contributed by atoms with Crippen LogP contribution in [0.3, 0.4) is 0 Å². The Morgan fingerprint density at radius 2 is 1.93 bits per heavy atom. The van der Waals surface area contributed by atoms with Crippen LogP contribution in [0.25, 0.3) is 0 Å². The smallest absolute Gasteiger partial charge is 0.261 e. The molecule has 8 heteroatoms. The maximum Gasteiger partial charge on any atom is 0.261 e. The van der Waals surface area contributed by atoms with Crippen LogP contribution < -0.4 is 19.1 Å². The number of hydrogen-bond acceptors (Lipinski definition) is 5. The number of aryl methyl sites for hydroxylation is 1. The Kier molecular flexibility index (Phi) is 7.20. The van der Waals surface area contributed by atoms with Gasteiger partial charge in [0.25, 0.3) is 5.91 Å². The number of carbonyl (C=O) groups is 1. The highest BCUT2D eigenvalue weighted by atomic mass is 32.2. The number of rotatable bonds is 8. The summed E-state index contributed by atoms with van der Waals surface area (Å²) in [5.41, 5.74) is 1.57. The first-order valence-corrected chi connectivity index (χ1v) is 12.0. The Hall–Kier alpha value is -2.74. The average molecular weight is 433 g/mol. The zero-order valence-corrected chi connectivity index (χ0v) is 18.2. The van der Waals surface area contributed by atoms with Gasteiger partial charge in [0.15, 0.2) is 6.10 Å². The Balaban J connectivity index is 1.58. The van der Waals surface area contributed by atoms with Gasteiger partial charge >= 0.3 is 0 Å². The molecule has 0 unspecified atom stereocenters. The number of nitrogens with one attached hydrogen (secondary N) is 1. The number of para-hydroxylation sites is 3. The molecule has 0 aliphatic carbocycles. The zero-order chi connectivity index (χ0) is 21.6. The van der Waals surface area contributed by atoms with Crippen molar-refractivity contribution in [3.8, 4) is 11.5 Å². The number of fused-ring (bicyclic) bond motifs is 1. The molecule has 0 aromatic heterocycles. The van der Waals surface area contributed by atoms with Gasteiger partial charge in [-0.1, -0.05) is 30.3 Å². The normalized spacial score (nSPS) is 16.2. The van der Waals surface area contributed by atoms with Crippen LogP contribution in [0, 0.1) is 0 Å². The number of anilines is 1. The minimum Gasteiger partial charge on any atom is -0.494 e. The van der Waals surface area contributed by atoms with E-state index in [0.29, 0.717) is 24.6 Å². The number of sulfonamides is 1. The Morgan fingerprint density at radius 3 is 2.70 bits per heavy atom. The van der Waals surface area contributed by atoms with Crippen molar-refractivity contribution in [3.05, 3.63) is 54.1 Å². The molecule has 1 amide bonds. The summed E-state index contributed by atoms with van der Waals surface area (Å²) in [6, 6.07) is 14.8. The highest BCUT2D eigenvalue weighted by molar-refractivity contribution is 7.92. The van der Waals surface area contributed by atoms with Crippen LogP contribution in [0.4, 0.5) is 5.69 Å². The molecule has 0 bridgehead atoms. The predicted octanol–water partition coefficient (Wildman–Crippen LogP) is 2.75. The van der Waals surface area contributed by atoms with Gasteiger partial charge in [0.05, 0.1) is 18.6 Å². The summed E-state index contributed by atoms with van der Waals surface area (Å²) in [5.74, 6) is 1.03. The van der Waals surface area contributed by atoms with Crippen LogP contribution in [-0.2, 0) is 21.2 Å². The average Bonchev–Trinajstić information content (AvgIpc) is 2.92. The van der Waals surface area contributed by atoms with Crippen molar-refractivity contribution in [3.63, 3.8) is 0 Å². The second-order valence-corrected chi connectivity index (χ2v) is 9.04. The summed E-state index contributed by atoms with van der Waals surface area (Å²) < 4.78 is 37.1. The van der Waals surface area contributed by atoms with E-state index in [-0.39, 0.29) is 18.9 Å². The lowest BCUT2D eigenvalue weighted by Gasteiger charge is -2.20. The van der Waals surface area contributed by atoms with Gasteiger partial charge in [-0.15, -0.1) is 0 Å². The molecule has 162 valence electrons. The molecule has 30 heavy (non-hydrogen) atoms. The second kappa shape index (κ2) is 9.84. The van der Waals surface area contributed by atoms with Crippen LogP contribution in [-0.4, -0.2) is 46.4 Å².